The van der Waals surface area contributed by atoms with Crippen molar-refractivity contribution in [2.45, 2.75) is 48.0 Å². The molecule has 0 aliphatic rings. The van der Waals surface area contributed by atoms with Crippen LogP contribution in [0.25, 0.3) is 6.08 Å². The van der Waals surface area contributed by atoms with E-state index in [0.29, 0.717) is 0 Å². The van der Waals surface area contributed by atoms with Crippen LogP contribution < -0.4 is 4.90 Å². The Hall–Kier alpha value is -1.51. The van der Waals surface area contributed by atoms with Crippen LogP contribution in [0.5, 0.6) is 0 Å². The van der Waals surface area contributed by atoms with E-state index in [-0.39, 0.29) is 0 Å². The molecule has 0 saturated heterocycles. The Kier molecular flexibility index (Phi) is 13.5. The summed E-state index contributed by atoms with van der Waals surface area (Å²) in [6.07, 6.45) is 6.67. The molecule has 0 atom stereocenters. The molecular weight excluding hydrogens is 234 g/mol. The standard InChI is InChI=1S/C12H19N3.2C2H6/c1-5-8-9-11-10(6-2)12(14-13-11)15(4)7-3;2*1-2/h5,8-9H,1,6-7H2,2-4H3,(H,13,14);2*1-2H3/b9-8-;;. The quantitative estimate of drug-likeness (QED) is 0.784. The van der Waals surface area contributed by atoms with Gasteiger partial charge in [0.05, 0.1) is 5.69 Å². The van der Waals surface area contributed by atoms with Crippen LogP contribution >= 0.6 is 0 Å². The third kappa shape index (κ3) is 6.27. The summed E-state index contributed by atoms with van der Waals surface area (Å²) in [5.41, 5.74) is 2.34. The van der Waals surface area contributed by atoms with Crippen LogP contribution in [0.2, 0.25) is 0 Å². The first-order valence-corrected chi connectivity index (χ1v) is 7.32. The van der Waals surface area contributed by atoms with Crippen LogP contribution in [0.15, 0.2) is 18.7 Å². The van der Waals surface area contributed by atoms with Gasteiger partial charge in [0.15, 0.2) is 5.82 Å². The summed E-state index contributed by atoms with van der Waals surface area (Å²) >= 11 is 0. The Morgan fingerprint density at radius 1 is 1.21 bits per heavy atom. The summed E-state index contributed by atoms with van der Waals surface area (Å²) < 4.78 is 0. The Labute approximate surface area is 119 Å². The fraction of sp³-hybridized carbons (Fsp3) is 0.562. The first kappa shape index (κ1) is 19.8. The number of hydrogen-bond acceptors (Lipinski definition) is 2. The average molecular weight is 265 g/mol. The molecule has 1 rings (SSSR count). The second-order valence-corrected chi connectivity index (χ2v) is 3.40. The van der Waals surface area contributed by atoms with Gasteiger partial charge in [0.25, 0.3) is 0 Å². The highest BCUT2D eigenvalue weighted by Gasteiger charge is 2.11. The van der Waals surface area contributed by atoms with Crippen molar-refractivity contribution in [3.63, 3.8) is 0 Å². The number of nitrogens with one attached hydrogen (secondary N) is 1. The molecule has 0 amide bonds. The molecule has 0 aromatic carbocycles. The number of nitrogens with zero attached hydrogens (tertiary/aromatic N) is 2. The minimum atomic E-state index is 0.961. The van der Waals surface area contributed by atoms with Crippen molar-refractivity contribution in [3.8, 4) is 0 Å². The smallest absolute Gasteiger partial charge is 0.153 e. The van der Waals surface area contributed by atoms with Crippen LogP contribution in [-0.2, 0) is 6.42 Å². The maximum atomic E-state index is 4.33. The van der Waals surface area contributed by atoms with Gasteiger partial charge < -0.3 is 4.90 Å². The predicted octanol–water partition coefficient (Wildman–Crippen LogP) is 4.68. The summed E-state index contributed by atoms with van der Waals surface area (Å²) in [6, 6.07) is 0. The molecular formula is C16H31N3. The van der Waals surface area contributed by atoms with Crippen LogP contribution in [0, 0.1) is 0 Å². The maximum absolute atomic E-state index is 4.33. The van der Waals surface area contributed by atoms with Crippen molar-refractivity contribution in [1.29, 1.82) is 0 Å². The fourth-order valence-electron chi connectivity index (χ4n) is 1.48. The molecule has 0 aliphatic carbocycles. The maximum Gasteiger partial charge on any atom is 0.153 e. The van der Waals surface area contributed by atoms with Crippen LogP contribution in [-0.4, -0.2) is 23.8 Å². The zero-order valence-electron chi connectivity index (χ0n) is 13.7. The van der Waals surface area contributed by atoms with Gasteiger partial charge in [0, 0.05) is 19.2 Å². The van der Waals surface area contributed by atoms with Crippen molar-refractivity contribution in [2.24, 2.45) is 0 Å². The highest BCUT2D eigenvalue weighted by Crippen LogP contribution is 2.21. The lowest BCUT2D eigenvalue weighted by molar-refractivity contribution is 0.912. The van der Waals surface area contributed by atoms with Gasteiger partial charge in [-0.2, -0.15) is 5.10 Å². The van der Waals surface area contributed by atoms with Gasteiger partial charge >= 0.3 is 0 Å². The molecule has 0 spiro atoms. The highest BCUT2D eigenvalue weighted by atomic mass is 15.3. The van der Waals surface area contributed by atoms with Crippen LogP contribution in [0.1, 0.15) is 52.8 Å². The zero-order chi connectivity index (χ0) is 15.3. The van der Waals surface area contributed by atoms with Gasteiger partial charge in [-0.15, -0.1) is 0 Å². The van der Waals surface area contributed by atoms with E-state index in [4.69, 9.17) is 0 Å². The molecule has 3 nitrogen and oxygen atoms in total. The molecule has 1 aromatic heterocycles. The third-order valence-electron chi connectivity index (χ3n) is 2.47. The molecule has 0 unspecified atom stereocenters. The number of allylic oxidation sites excluding steroid dienone is 2. The van der Waals surface area contributed by atoms with Gasteiger partial charge in [0.2, 0.25) is 0 Å². The number of anilines is 1. The first-order valence-electron chi connectivity index (χ1n) is 7.32. The summed E-state index contributed by atoms with van der Waals surface area (Å²) in [5, 5.41) is 7.38. The lowest BCUT2D eigenvalue weighted by Gasteiger charge is -2.14. The SMILES string of the molecule is C=C/C=C\c1[nH]nc(N(C)CC)c1CC.CC.CC. The Bertz CT molecular complexity index is 351. The van der Waals surface area contributed by atoms with E-state index in [1.165, 1.54) is 5.56 Å². The van der Waals surface area contributed by atoms with E-state index >= 15 is 0 Å². The van der Waals surface area contributed by atoms with Gasteiger partial charge in [0.1, 0.15) is 0 Å². The van der Waals surface area contributed by atoms with E-state index in [2.05, 4.69) is 42.6 Å². The molecule has 110 valence electrons. The lowest BCUT2D eigenvalue weighted by atomic mass is 10.1. The second kappa shape index (κ2) is 12.9. The van der Waals surface area contributed by atoms with Crippen molar-refractivity contribution < 1.29 is 0 Å². The summed E-state index contributed by atoms with van der Waals surface area (Å²) in [6.45, 7) is 16.9. The fourth-order valence-corrected chi connectivity index (χ4v) is 1.48. The van der Waals surface area contributed by atoms with Crippen LogP contribution in [0.3, 0.4) is 0 Å². The van der Waals surface area contributed by atoms with E-state index in [0.717, 1.165) is 24.5 Å². The molecule has 1 heterocycles. The lowest BCUT2D eigenvalue weighted by Crippen LogP contribution is -2.17. The van der Waals surface area contributed by atoms with E-state index < -0.39 is 0 Å². The number of rotatable bonds is 5. The largest absolute Gasteiger partial charge is 0.358 e. The summed E-state index contributed by atoms with van der Waals surface area (Å²) in [4.78, 5) is 2.14. The molecule has 0 saturated carbocycles. The molecule has 3 heteroatoms. The average Bonchev–Trinajstić information content (AvgIpc) is 2.91. The van der Waals surface area contributed by atoms with E-state index in [1.54, 1.807) is 6.08 Å². The molecule has 19 heavy (non-hydrogen) atoms. The predicted molar refractivity (Wildman–Crippen MR) is 88.8 cm³/mol. The number of H-pyrrole nitrogens is 1. The number of aromatic nitrogens is 2. The van der Waals surface area contributed by atoms with Crippen molar-refractivity contribution in [3.05, 3.63) is 30.0 Å². The molecule has 0 fully saturated rings. The minimum absolute atomic E-state index is 0.961. The van der Waals surface area contributed by atoms with Gasteiger partial charge in [-0.3, -0.25) is 5.10 Å². The molecule has 1 aromatic rings. The van der Waals surface area contributed by atoms with Gasteiger partial charge in [-0.1, -0.05) is 53.3 Å². The minimum Gasteiger partial charge on any atom is -0.358 e. The second-order valence-electron chi connectivity index (χ2n) is 3.40. The first-order chi connectivity index (χ1) is 9.24. The Morgan fingerprint density at radius 2 is 1.79 bits per heavy atom. The number of hydrogen-bond donors (Lipinski definition) is 1. The van der Waals surface area contributed by atoms with Gasteiger partial charge in [-0.05, 0) is 19.4 Å². The molecule has 0 bridgehead atoms. The molecule has 0 aliphatic heterocycles. The van der Waals surface area contributed by atoms with E-state index in [1.807, 2.05) is 39.8 Å². The van der Waals surface area contributed by atoms with E-state index in [9.17, 15) is 0 Å². The third-order valence-corrected chi connectivity index (χ3v) is 2.47. The zero-order valence-corrected chi connectivity index (χ0v) is 13.7. The van der Waals surface area contributed by atoms with Crippen molar-refractivity contribution in [1.82, 2.24) is 10.2 Å². The Morgan fingerprint density at radius 3 is 2.21 bits per heavy atom. The molecule has 1 N–H and O–H groups in total. The highest BCUT2D eigenvalue weighted by molar-refractivity contribution is 5.60. The van der Waals surface area contributed by atoms with Crippen LogP contribution in [0.4, 0.5) is 5.82 Å². The molecule has 0 radical (unpaired) electrons. The van der Waals surface area contributed by atoms with Crippen molar-refractivity contribution >= 4 is 11.9 Å². The monoisotopic (exact) mass is 265 g/mol. The van der Waals surface area contributed by atoms with Gasteiger partial charge in [-0.25, -0.2) is 0 Å². The normalized spacial score (nSPS) is 9.21. The Balaban J connectivity index is 0. The van der Waals surface area contributed by atoms with Crippen molar-refractivity contribution in [2.75, 3.05) is 18.5 Å². The topological polar surface area (TPSA) is 31.9 Å². The summed E-state index contributed by atoms with van der Waals surface area (Å²) in [7, 11) is 2.05. The number of aromatic amines is 1. The summed E-state index contributed by atoms with van der Waals surface area (Å²) in [5.74, 6) is 1.05.